The number of ketones is 1. The summed E-state index contributed by atoms with van der Waals surface area (Å²) in [6, 6.07) is 7.56. The first-order chi connectivity index (χ1) is 8.24. The number of benzene rings is 1. The van der Waals surface area contributed by atoms with Crippen LogP contribution in [0.1, 0.15) is 30.6 Å². The van der Waals surface area contributed by atoms with Crippen molar-refractivity contribution in [1.29, 1.82) is 0 Å². The van der Waals surface area contributed by atoms with E-state index in [0.717, 1.165) is 24.2 Å². The molecule has 0 atom stereocenters. The zero-order chi connectivity index (χ0) is 12.3. The van der Waals surface area contributed by atoms with Crippen molar-refractivity contribution < 1.29 is 4.79 Å². The molecule has 0 unspecified atom stereocenters. The number of Topliss-reactive ketones (excluding diaryl/α,β-unsaturated/α-hetero) is 1. The molecular formula is C13H15N3O. The van der Waals surface area contributed by atoms with Gasteiger partial charge in [0.2, 0.25) is 0 Å². The fourth-order valence-corrected chi connectivity index (χ4v) is 1.86. The number of carbonyl (C=O) groups is 1. The average Bonchev–Trinajstić information content (AvgIpc) is 2.77. The molecule has 0 amide bonds. The molecule has 0 fully saturated rings. The van der Waals surface area contributed by atoms with Crippen molar-refractivity contribution in [3.63, 3.8) is 0 Å². The number of nitrogens with zero attached hydrogens (tertiary/aromatic N) is 3. The van der Waals surface area contributed by atoms with Crippen LogP contribution >= 0.6 is 0 Å². The normalized spacial score (nSPS) is 10.5. The summed E-state index contributed by atoms with van der Waals surface area (Å²) < 4.78 is 1.84. The van der Waals surface area contributed by atoms with Gasteiger partial charge < -0.3 is 0 Å². The Morgan fingerprint density at radius 2 is 2.12 bits per heavy atom. The highest BCUT2D eigenvalue weighted by Gasteiger charge is 2.12. The molecule has 2 aromatic rings. The first-order valence-electron chi connectivity index (χ1n) is 5.73. The molecule has 0 radical (unpaired) electrons. The minimum absolute atomic E-state index is 0.0600. The van der Waals surface area contributed by atoms with Crippen molar-refractivity contribution >= 4 is 5.78 Å². The number of rotatable bonds is 4. The predicted molar refractivity (Wildman–Crippen MR) is 65.8 cm³/mol. The first kappa shape index (κ1) is 11.5. The topological polar surface area (TPSA) is 47.8 Å². The molecule has 4 nitrogen and oxygen atoms in total. The van der Waals surface area contributed by atoms with Crippen LogP contribution in [0.15, 0.2) is 30.5 Å². The molecule has 0 aliphatic heterocycles. The SMILES string of the molecule is CCCn1nncc1-c1ccccc1C(C)=O. The quantitative estimate of drug-likeness (QED) is 0.757. The zero-order valence-electron chi connectivity index (χ0n) is 10.1. The van der Waals surface area contributed by atoms with Crippen LogP contribution < -0.4 is 0 Å². The highest BCUT2D eigenvalue weighted by molar-refractivity contribution is 6.00. The van der Waals surface area contributed by atoms with Crippen LogP contribution in [0.4, 0.5) is 0 Å². The summed E-state index contributed by atoms with van der Waals surface area (Å²) in [6.07, 6.45) is 2.69. The van der Waals surface area contributed by atoms with Gasteiger partial charge in [-0.15, -0.1) is 5.10 Å². The van der Waals surface area contributed by atoms with Crippen molar-refractivity contribution in [2.24, 2.45) is 0 Å². The van der Waals surface area contributed by atoms with Crippen LogP contribution in [0.2, 0.25) is 0 Å². The Balaban J connectivity index is 2.52. The van der Waals surface area contributed by atoms with E-state index in [0.29, 0.717) is 5.56 Å². The van der Waals surface area contributed by atoms with Gasteiger partial charge in [0, 0.05) is 17.7 Å². The van der Waals surface area contributed by atoms with E-state index in [9.17, 15) is 4.79 Å². The van der Waals surface area contributed by atoms with E-state index in [-0.39, 0.29) is 5.78 Å². The van der Waals surface area contributed by atoms with Crippen molar-refractivity contribution in [3.05, 3.63) is 36.0 Å². The summed E-state index contributed by atoms with van der Waals surface area (Å²) in [5.41, 5.74) is 2.52. The average molecular weight is 229 g/mol. The van der Waals surface area contributed by atoms with Gasteiger partial charge in [0.05, 0.1) is 11.9 Å². The number of carbonyl (C=O) groups excluding carboxylic acids is 1. The van der Waals surface area contributed by atoms with E-state index < -0.39 is 0 Å². The first-order valence-corrected chi connectivity index (χ1v) is 5.73. The Labute approximate surface area is 100 Å². The minimum Gasteiger partial charge on any atom is -0.294 e. The van der Waals surface area contributed by atoms with Crippen molar-refractivity contribution in [2.75, 3.05) is 0 Å². The standard InChI is InChI=1S/C13H15N3O/c1-3-8-16-13(9-14-15-16)12-7-5-4-6-11(12)10(2)17/h4-7,9H,3,8H2,1-2H3. The fraction of sp³-hybridized carbons (Fsp3) is 0.308. The Morgan fingerprint density at radius 3 is 2.82 bits per heavy atom. The van der Waals surface area contributed by atoms with Crippen molar-refractivity contribution in [3.8, 4) is 11.3 Å². The lowest BCUT2D eigenvalue weighted by molar-refractivity contribution is 0.101. The summed E-state index contributed by atoms with van der Waals surface area (Å²) >= 11 is 0. The fourth-order valence-electron chi connectivity index (χ4n) is 1.86. The Bertz CT molecular complexity index is 531. The van der Waals surface area contributed by atoms with Gasteiger partial charge in [-0.3, -0.25) is 4.79 Å². The van der Waals surface area contributed by atoms with E-state index in [2.05, 4.69) is 17.2 Å². The molecule has 1 heterocycles. The molecule has 0 aliphatic rings. The van der Waals surface area contributed by atoms with E-state index in [1.165, 1.54) is 0 Å². The smallest absolute Gasteiger partial charge is 0.160 e. The molecule has 2 rings (SSSR count). The van der Waals surface area contributed by atoms with Gasteiger partial charge in [-0.25, -0.2) is 4.68 Å². The molecule has 0 spiro atoms. The molecule has 1 aromatic heterocycles. The van der Waals surface area contributed by atoms with Crippen LogP contribution in [-0.2, 0) is 6.54 Å². The van der Waals surface area contributed by atoms with E-state index >= 15 is 0 Å². The van der Waals surface area contributed by atoms with Gasteiger partial charge in [-0.05, 0) is 13.3 Å². The molecule has 1 aromatic carbocycles. The van der Waals surface area contributed by atoms with Crippen molar-refractivity contribution in [1.82, 2.24) is 15.0 Å². The molecule has 88 valence electrons. The van der Waals surface area contributed by atoms with E-state index in [1.807, 2.05) is 28.9 Å². The van der Waals surface area contributed by atoms with Gasteiger partial charge in [-0.1, -0.05) is 36.4 Å². The van der Waals surface area contributed by atoms with Gasteiger partial charge in [0.15, 0.2) is 5.78 Å². The van der Waals surface area contributed by atoms with Crippen LogP contribution in [0.5, 0.6) is 0 Å². The van der Waals surface area contributed by atoms with Crippen LogP contribution in [0.25, 0.3) is 11.3 Å². The van der Waals surface area contributed by atoms with Crippen LogP contribution in [0.3, 0.4) is 0 Å². The van der Waals surface area contributed by atoms with Crippen LogP contribution in [-0.4, -0.2) is 20.8 Å². The summed E-state index contributed by atoms with van der Waals surface area (Å²) in [7, 11) is 0. The molecule has 0 saturated heterocycles. The number of aromatic nitrogens is 3. The zero-order valence-corrected chi connectivity index (χ0v) is 10.1. The summed E-state index contributed by atoms with van der Waals surface area (Å²) in [6.45, 7) is 4.47. The highest BCUT2D eigenvalue weighted by Crippen LogP contribution is 2.23. The monoisotopic (exact) mass is 229 g/mol. The maximum absolute atomic E-state index is 11.6. The summed E-state index contributed by atoms with van der Waals surface area (Å²) in [5.74, 6) is 0.0600. The third-order valence-electron chi connectivity index (χ3n) is 2.64. The molecule has 17 heavy (non-hydrogen) atoms. The molecule has 0 saturated carbocycles. The Kier molecular flexibility index (Phi) is 3.32. The van der Waals surface area contributed by atoms with Gasteiger partial charge in [0.1, 0.15) is 0 Å². The third-order valence-corrected chi connectivity index (χ3v) is 2.64. The van der Waals surface area contributed by atoms with Crippen LogP contribution in [0, 0.1) is 0 Å². The predicted octanol–water partition coefficient (Wildman–Crippen LogP) is 2.56. The van der Waals surface area contributed by atoms with Crippen molar-refractivity contribution in [2.45, 2.75) is 26.8 Å². The maximum Gasteiger partial charge on any atom is 0.160 e. The maximum atomic E-state index is 11.6. The Morgan fingerprint density at radius 1 is 1.35 bits per heavy atom. The van der Waals surface area contributed by atoms with E-state index in [4.69, 9.17) is 0 Å². The lowest BCUT2D eigenvalue weighted by Crippen LogP contribution is -2.04. The number of hydrogen-bond donors (Lipinski definition) is 0. The second-order valence-electron chi connectivity index (χ2n) is 3.94. The highest BCUT2D eigenvalue weighted by atomic mass is 16.1. The third kappa shape index (κ3) is 2.25. The van der Waals surface area contributed by atoms with Gasteiger partial charge >= 0.3 is 0 Å². The van der Waals surface area contributed by atoms with Gasteiger partial charge in [0.25, 0.3) is 0 Å². The van der Waals surface area contributed by atoms with E-state index in [1.54, 1.807) is 13.1 Å². The molecule has 0 aliphatic carbocycles. The number of hydrogen-bond acceptors (Lipinski definition) is 3. The summed E-state index contributed by atoms with van der Waals surface area (Å²) in [4.78, 5) is 11.6. The second-order valence-corrected chi connectivity index (χ2v) is 3.94. The number of aryl methyl sites for hydroxylation is 1. The Hall–Kier alpha value is -1.97. The lowest BCUT2D eigenvalue weighted by atomic mass is 10.0. The molecule has 0 N–H and O–H groups in total. The molecule has 0 bridgehead atoms. The molecule has 4 heteroatoms. The molecular weight excluding hydrogens is 214 g/mol. The minimum atomic E-state index is 0.0600. The van der Waals surface area contributed by atoms with Gasteiger partial charge in [-0.2, -0.15) is 0 Å². The summed E-state index contributed by atoms with van der Waals surface area (Å²) in [5, 5.41) is 7.96. The largest absolute Gasteiger partial charge is 0.294 e. The lowest BCUT2D eigenvalue weighted by Gasteiger charge is -2.08. The second kappa shape index (κ2) is 4.91.